The van der Waals surface area contributed by atoms with Crippen molar-refractivity contribution in [2.75, 3.05) is 0 Å². The first-order valence-electron chi connectivity index (χ1n) is 11.4. The fourth-order valence-corrected chi connectivity index (χ4v) is 4.51. The molecule has 0 fully saturated rings. The van der Waals surface area contributed by atoms with Crippen LogP contribution in [0.1, 0.15) is 50.3 Å². The van der Waals surface area contributed by atoms with Gasteiger partial charge in [-0.05, 0) is 54.5 Å². The maximum Gasteiger partial charge on any atom is 0.0845 e. The predicted molar refractivity (Wildman–Crippen MR) is 134 cm³/mol. The first-order valence-corrected chi connectivity index (χ1v) is 11.8. The highest BCUT2D eigenvalue weighted by Gasteiger charge is 2.36. The molecule has 3 aromatic rings. The largest absolute Gasteiger partial charge is 0.292 e. The highest BCUT2D eigenvalue weighted by atomic mass is 35.5. The monoisotopic (exact) mass is 444 g/mol. The molecule has 0 N–H and O–H groups in total. The van der Waals surface area contributed by atoms with Crippen molar-refractivity contribution in [3.8, 4) is 6.07 Å². The zero-order valence-electron chi connectivity index (χ0n) is 19.3. The molecule has 0 saturated heterocycles. The lowest BCUT2D eigenvalue weighted by atomic mass is 9.69. The Morgan fingerprint density at radius 3 is 1.75 bits per heavy atom. The molecule has 0 radical (unpaired) electrons. The molecule has 0 aliphatic carbocycles. The van der Waals surface area contributed by atoms with Crippen molar-refractivity contribution < 1.29 is 0 Å². The van der Waals surface area contributed by atoms with Crippen LogP contribution in [0, 0.1) is 17.2 Å². The number of halogens is 1. The molecule has 0 spiro atoms. The maximum atomic E-state index is 10.3. The van der Waals surface area contributed by atoms with E-state index in [4.69, 9.17) is 11.6 Å². The Kier molecular flexibility index (Phi) is 8.51. The molecule has 3 rings (SSSR count). The highest BCUT2D eigenvalue weighted by Crippen LogP contribution is 2.38. The molecule has 3 heteroatoms. The zero-order valence-corrected chi connectivity index (χ0v) is 20.1. The van der Waals surface area contributed by atoms with Crippen LogP contribution in [0.2, 0.25) is 5.02 Å². The summed E-state index contributed by atoms with van der Waals surface area (Å²) in [6, 6.07) is 32.1. The van der Waals surface area contributed by atoms with Crippen LogP contribution in [0.4, 0.5) is 0 Å². The Labute approximate surface area is 198 Å². The molecule has 0 amide bonds. The zero-order chi connectivity index (χ0) is 23.0. The fourth-order valence-electron chi connectivity index (χ4n) is 4.39. The minimum atomic E-state index is -0.524. The number of hydrogen-bond donors (Lipinski definition) is 0. The lowest BCUT2D eigenvalue weighted by molar-refractivity contribution is 0.169. The summed E-state index contributed by atoms with van der Waals surface area (Å²) in [5.74, 6) is 0.206. The molecule has 2 nitrogen and oxygen atoms in total. The van der Waals surface area contributed by atoms with E-state index in [0.717, 1.165) is 31.5 Å². The van der Waals surface area contributed by atoms with Gasteiger partial charge in [0.2, 0.25) is 0 Å². The average molecular weight is 445 g/mol. The van der Waals surface area contributed by atoms with Gasteiger partial charge in [0, 0.05) is 24.2 Å². The summed E-state index contributed by atoms with van der Waals surface area (Å²) in [4.78, 5) is 2.52. The first kappa shape index (κ1) is 24.1. The van der Waals surface area contributed by atoms with Crippen LogP contribution in [-0.4, -0.2) is 10.9 Å². The molecular weight excluding hydrogens is 412 g/mol. The Morgan fingerprint density at radius 1 is 0.812 bits per heavy atom. The molecule has 0 bridgehead atoms. The Bertz CT molecular complexity index is 951. The summed E-state index contributed by atoms with van der Waals surface area (Å²) in [6.07, 6.45) is 1.75. The third-order valence-electron chi connectivity index (χ3n) is 6.58. The van der Waals surface area contributed by atoms with E-state index in [0.29, 0.717) is 11.1 Å². The summed E-state index contributed by atoms with van der Waals surface area (Å²) >= 11 is 6.12. The van der Waals surface area contributed by atoms with Gasteiger partial charge in [0.05, 0.1) is 11.5 Å². The number of hydrogen-bond acceptors (Lipinski definition) is 2. The third-order valence-corrected chi connectivity index (χ3v) is 6.83. The van der Waals surface area contributed by atoms with Gasteiger partial charge in [-0.25, -0.2) is 0 Å². The summed E-state index contributed by atoms with van der Waals surface area (Å²) in [6.45, 7) is 8.36. The molecule has 0 aromatic heterocycles. The smallest absolute Gasteiger partial charge is 0.0845 e. The SMILES string of the molecule is CC(CCC(C#N)(c1ccc(Cl)cc1)C(C)C)N(Cc1ccccc1)Cc1ccccc1. The Balaban J connectivity index is 1.80. The van der Waals surface area contributed by atoms with Gasteiger partial charge in [0.25, 0.3) is 0 Å². The van der Waals surface area contributed by atoms with Gasteiger partial charge in [-0.1, -0.05) is 98.2 Å². The molecule has 2 unspecified atom stereocenters. The van der Waals surface area contributed by atoms with Crippen LogP contribution in [0.25, 0.3) is 0 Å². The number of rotatable bonds is 10. The van der Waals surface area contributed by atoms with Crippen molar-refractivity contribution in [3.05, 3.63) is 107 Å². The van der Waals surface area contributed by atoms with Crippen molar-refractivity contribution in [2.24, 2.45) is 5.92 Å². The van der Waals surface area contributed by atoms with E-state index in [1.807, 2.05) is 24.3 Å². The molecule has 2 atom stereocenters. The van der Waals surface area contributed by atoms with Crippen molar-refractivity contribution in [2.45, 2.75) is 58.2 Å². The van der Waals surface area contributed by atoms with Crippen molar-refractivity contribution >= 4 is 11.6 Å². The van der Waals surface area contributed by atoms with E-state index < -0.39 is 5.41 Å². The standard InChI is InChI=1S/C29H33ClN2/c1-23(2)29(22-31,27-14-16-28(30)17-15-27)19-18-24(3)32(20-25-10-6-4-7-11-25)21-26-12-8-5-9-13-26/h4-17,23-24H,18-21H2,1-3H3. The van der Waals surface area contributed by atoms with E-state index in [1.54, 1.807) is 0 Å². The number of benzene rings is 3. The molecule has 3 aromatic carbocycles. The topological polar surface area (TPSA) is 27.0 Å². The lowest BCUT2D eigenvalue weighted by Gasteiger charge is -2.35. The second-order valence-corrected chi connectivity index (χ2v) is 9.45. The van der Waals surface area contributed by atoms with E-state index in [9.17, 15) is 5.26 Å². The summed E-state index contributed by atoms with van der Waals surface area (Å²) < 4.78 is 0. The average Bonchev–Trinajstić information content (AvgIpc) is 2.81. The van der Waals surface area contributed by atoms with Gasteiger partial charge in [-0.15, -0.1) is 0 Å². The number of nitriles is 1. The predicted octanol–water partition coefficient (Wildman–Crippen LogP) is 7.63. The second kappa shape index (κ2) is 11.3. The Morgan fingerprint density at radius 2 is 1.31 bits per heavy atom. The van der Waals surface area contributed by atoms with E-state index in [2.05, 4.69) is 92.4 Å². The van der Waals surface area contributed by atoms with Crippen molar-refractivity contribution in [1.29, 1.82) is 5.26 Å². The molecule has 166 valence electrons. The molecule has 0 heterocycles. The maximum absolute atomic E-state index is 10.3. The van der Waals surface area contributed by atoms with Gasteiger partial charge in [0.15, 0.2) is 0 Å². The quantitative estimate of drug-likeness (QED) is 0.321. The van der Waals surface area contributed by atoms with E-state index >= 15 is 0 Å². The van der Waals surface area contributed by atoms with Crippen molar-refractivity contribution in [3.63, 3.8) is 0 Å². The van der Waals surface area contributed by atoms with Crippen molar-refractivity contribution in [1.82, 2.24) is 4.90 Å². The molecule has 0 aliphatic rings. The van der Waals surface area contributed by atoms with E-state index in [-0.39, 0.29) is 5.92 Å². The van der Waals surface area contributed by atoms with Gasteiger partial charge in [-0.2, -0.15) is 5.26 Å². The van der Waals surface area contributed by atoms with Crippen LogP contribution in [0.3, 0.4) is 0 Å². The second-order valence-electron chi connectivity index (χ2n) is 9.01. The Hall–Kier alpha value is -2.60. The van der Waals surface area contributed by atoms with Crippen LogP contribution < -0.4 is 0 Å². The van der Waals surface area contributed by atoms with Gasteiger partial charge in [-0.3, -0.25) is 4.90 Å². The van der Waals surface area contributed by atoms with Gasteiger partial charge < -0.3 is 0 Å². The molecule has 0 saturated carbocycles. The first-order chi connectivity index (χ1) is 15.4. The van der Waals surface area contributed by atoms with Crippen LogP contribution in [0.15, 0.2) is 84.9 Å². The third kappa shape index (κ3) is 6.00. The molecular formula is C29H33ClN2. The summed E-state index contributed by atoms with van der Waals surface area (Å²) in [7, 11) is 0. The summed E-state index contributed by atoms with van der Waals surface area (Å²) in [5.41, 5.74) is 3.15. The molecule has 0 aliphatic heterocycles. The number of nitrogens with zero attached hydrogens (tertiary/aromatic N) is 2. The summed E-state index contributed by atoms with van der Waals surface area (Å²) in [5, 5.41) is 11.0. The lowest BCUT2D eigenvalue weighted by Crippen LogP contribution is -2.36. The minimum Gasteiger partial charge on any atom is -0.292 e. The van der Waals surface area contributed by atoms with Gasteiger partial charge in [0.1, 0.15) is 0 Å². The van der Waals surface area contributed by atoms with Crippen LogP contribution in [0.5, 0.6) is 0 Å². The normalized spacial score (nSPS) is 14.2. The van der Waals surface area contributed by atoms with Crippen LogP contribution >= 0.6 is 11.6 Å². The van der Waals surface area contributed by atoms with E-state index in [1.165, 1.54) is 11.1 Å². The molecule has 32 heavy (non-hydrogen) atoms. The minimum absolute atomic E-state index is 0.206. The van der Waals surface area contributed by atoms with Gasteiger partial charge >= 0.3 is 0 Å². The highest BCUT2D eigenvalue weighted by molar-refractivity contribution is 6.30. The fraction of sp³-hybridized carbons (Fsp3) is 0.345. The van der Waals surface area contributed by atoms with Crippen LogP contribution in [-0.2, 0) is 18.5 Å².